The van der Waals surface area contributed by atoms with Crippen molar-refractivity contribution in [1.29, 1.82) is 0 Å². The summed E-state index contributed by atoms with van der Waals surface area (Å²) in [5, 5.41) is 15.6. The number of ether oxygens (including phenoxy) is 1. The van der Waals surface area contributed by atoms with E-state index >= 15 is 0 Å². The topological polar surface area (TPSA) is 99.7 Å². The molecule has 0 heterocycles. The molecule has 0 radical (unpaired) electrons. The summed E-state index contributed by atoms with van der Waals surface area (Å²) in [6, 6.07) is 16.2. The third-order valence-electron chi connectivity index (χ3n) is 7.66. The molecular formula is C31H41N3O4. The molecule has 2 aliphatic rings. The zero-order chi connectivity index (χ0) is 26.6. The molecule has 0 spiro atoms. The molecule has 0 bridgehead atoms. The van der Waals surface area contributed by atoms with Crippen molar-refractivity contribution in [3.05, 3.63) is 76.9 Å². The molecule has 2 aliphatic carbocycles. The lowest BCUT2D eigenvalue weighted by Gasteiger charge is -2.30. The number of rotatable bonds is 12. The van der Waals surface area contributed by atoms with Crippen LogP contribution < -0.4 is 16.1 Å². The molecule has 0 unspecified atom stereocenters. The van der Waals surface area contributed by atoms with Crippen LogP contribution >= 0.6 is 0 Å². The average Bonchev–Trinajstić information content (AvgIpc) is 3.46. The van der Waals surface area contributed by atoms with Gasteiger partial charge in [0.1, 0.15) is 12.1 Å². The van der Waals surface area contributed by atoms with Gasteiger partial charge in [-0.25, -0.2) is 5.48 Å². The van der Waals surface area contributed by atoms with Crippen molar-refractivity contribution in [1.82, 2.24) is 16.1 Å². The van der Waals surface area contributed by atoms with Gasteiger partial charge in [-0.2, -0.15) is 0 Å². The summed E-state index contributed by atoms with van der Waals surface area (Å²) in [5.74, 6) is -0.247. The van der Waals surface area contributed by atoms with Gasteiger partial charge in [0.15, 0.2) is 0 Å². The number of carbonyl (C=O) groups is 2. The third kappa shape index (κ3) is 8.79. The van der Waals surface area contributed by atoms with Crippen LogP contribution in [0.5, 0.6) is 0 Å². The van der Waals surface area contributed by atoms with Gasteiger partial charge in [0.05, 0.1) is 0 Å². The highest BCUT2D eigenvalue weighted by molar-refractivity contribution is 5.90. The molecule has 0 aromatic heterocycles. The third-order valence-corrected chi connectivity index (χ3v) is 7.66. The van der Waals surface area contributed by atoms with Crippen molar-refractivity contribution in [2.75, 3.05) is 0 Å². The lowest BCUT2D eigenvalue weighted by atomic mass is 9.83. The van der Waals surface area contributed by atoms with Crippen molar-refractivity contribution < 1.29 is 19.5 Å². The van der Waals surface area contributed by atoms with Gasteiger partial charge in [0, 0.05) is 25.7 Å². The Morgan fingerprint density at radius 2 is 1.53 bits per heavy atom. The van der Waals surface area contributed by atoms with E-state index in [1.807, 2.05) is 24.3 Å². The lowest BCUT2D eigenvalue weighted by molar-refractivity contribution is -0.153. The second-order valence-electron chi connectivity index (χ2n) is 10.6. The van der Waals surface area contributed by atoms with E-state index in [2.05, 4.69) is 34.9 Å². The Morgan fingerprint density at radius 3 is 2.24 bits per heavy atom. The molecule has 2 fully saturated rings. The van der Waals surface area contributed by atoms with Crippen molar-refractivity contribution in [3.8, 4) is 0 Å². The molecule has 1 amide bonds. The number of hydroxylamine groups is 1. The first kappa shape index (κ1) is 28.0. The highest BCUT2D eigenvalue weighted by atomic mass is 16.5. The van der Waals surface area contributed by atoms with E-state index in [0.29, 0.717) is 19.0 Å². The summed E-state index contributed by atoms with van der Waals surface area (Å²) in [4.78, 5) is 24.3. The van der Waals surface area contributed by atoms with Crippen molar-refractivity contribution >= 4 is 18.0 Å². The van der Waals surface area contributed by atoms with Crippen LogP contribution in [0.4, 0.5) is 0 Å². The van der Waals surface area contributed by atoms with E-state index in [1.165, 1.54) is 30.9 Å². The largest absolute Gasteiger partial charge is 0.461 e. The van der Waals surface area contributed by atoms with Crippen LogP contribution in [0.15, 0.2) is 54.6 Å². The Morgan fingerprint density at radius 1 is 0.868 bits per heavy atom. The zero-order valence-electron chi connectivity index (χ0n) is 22.2. The van der Waals surface area contributed by atoms with E-state index in [4.69, 9.17) is 9.94 Å². The van der Waals surface area contributed by atoms with Gasteiger partial charge >= 0.3 is 5.97 Å². The van der Waals surface area contributed by atoms with E-state index < -0.39 is 5.91 Å². The molecule has 204 valence electrons. The summed E-state index contributed by atoms with van der Waals surface area (Å²) in [5.41, 5.74) is 5.94. The van der Waals surface area contributed by atoms with Crippen LogP contribution in [0.25, 0.3) is 6.08 Å². The predicted molar refractivity (Wildman–Crippen MR) is 148 cm³/mol. The molecule has 38 heavy (non-hydrogen) atoms. The summed E-state index contributed by atoms with van der Waals surface area (Å²) >= 11 is 0. The maximum atomic E-state index is 13.1. The average molecular weight is 520 g/mol. The maximum absolute atomic E-state index is 13.1. The number of hydrogen-bond acceptors (Lipinski definition) is 6. The van der Waals surface area contributed by atoms with Gasteiger partial charge in [-0.1, -0.05) is 67.8 Å². The number of hydrogen-bond donors (Lipinski definition) is 4. The molecule has 4 N–H and O–H groups in total. The smallest absolute Gasteiger partial charge is 0.323 e. The van der Waals surface area contributed by atoms with Crippen LogP contribution in [0.1, 0.15) is 80.0 Å². The standard InChI is InChI=1S/C31H41N3O4/c35-29(34-37)18-17-23-7-6-8-26(19-23)21-32-20-24-13-15-25(16-14-24)22-33-30(27-9-2-1-3-10-27)31(36)38-28-11-4-5-12-28/h6-8,13-19,27-28,30,32-33,37H,1-5,9-12,20-22H2,(H,34,35)/t30-/m0/s1. The number of carbonyl (C=O) groups excluding carboxylic acids is 2. The Hall–Kier alpha value is -3.00. The van der Waals surface area contributed by atoms with Gasteiger partial charge in [0.25, 0.3) is 5.91 Å². The van der Waals surface area contributed by atoms with Gasteiger partial charge in [-0.15, -0.1) is 0 Å². The molecule has 0 saturated heterocycles. The molecule has 4 rings (SSSR count). The molecule has 2 aromatic rings. The molecule has 0 aliphatic heterocycles. The van der Waals surface area contributed by atoms with E-state index in [0.717, 1.165) is 61.8 Å². The first-order valence-corrected chi connectivity index (χ1v) is 14.0. The van der Waals surface area contributed by atoms with Crippen LogP contribution in [0.2, 0.25) is 0 Å². The van der Waals surface area contributed by atoms with Crippen molar-refractivity contribution in [3.63, 3.8) is 0 Å². The second kappa shape index (κ2) is 14.8. The summed E-state index contributed by atoms with van der Waals surface area (Å²) < 4.78 is 5.91. The Kier molecular flexibility index (Phi) is 10.9. The number of esters is 1. The monoisotopic (exact) mass is 519 g/mol. The van der Waals surface area contributed by atoms with E-state index in [1.54, 1.807) is 11.6 Å². The van der Waals surface area contributed by atoms with Crippen LogP contribution in [-0.4, -0.2) is 29.2 Å². The first-order valence-electron chi connectivity index (χ1n) is 14.0. The lowest BCUT2D eigenvalue weighted by Crippen LogP contribution is -2.45. The van der Waals surface area contributed by atoms with E-state index in [9.17, 15) is 9.59 Å². The predicted octanol–water partition coefficient (Wildman–Crippen LogP) is 5.02. The second-order valence-corrected chi connectivity index (χ2v) is 10.6. The fourth-order valence-corrected chi connectivity index (χ4v) is 5.52. The van der Waals surface area contributed by atoms with Crippen molar-refractivity contribution in [2.24, 2.45) is 5.92 Å². The molecule has 2 saturated carbocycles. The van der Waals surface area contributed by atoms with Crippen LogP contribution in [-0.2, 0) is 34.0 Å². The zero-order valence-corrected chi connectivity index (χ0v) is 22.2. The van der Waals surface area contributed by atoms with E-state index in [-0.39, 0.29) is 18.1 Å². The SMILES string of the molecule is O=C(C=Cc1cccc(CNCc2ccc(CN[C@H](C(=O)OC3CCCC3)C3CCCCC3)cc2)c1)NO. The molecule has 2 aromatic carbocycles. The minimum Gasteiger partial charge on any atom is -0.461 e. The van der Waals surface area contributed by atoms with Crippen LogP contribution in [0, 0.1) is 5.92 Å². The highest BCUT2D eigenvalue weighted by Crippen LogP contribution is 2.29. The molecule has 7 heteroatoms. The van der Waals surface area contributed by atoms with Gasteiger partial charge in [-0.3, -0.25) is 14.8 Å². The number of nitrogens with one attached hydrogen (secondary N) is 3. The van der Waals surface area contributed by atoms with Gasteiger partial charge < -0.3 is 15.4 Å². The Bertz CT molecular complexity index is 1060. The fraction of sp³-hybridized carbons (Fsp3) is 0.484. The number of benzene rings is 2. The maximum Gasteiger partial charge on any atom is 0.323 e. The molecule has 1 atom stereocenters. The minimum absolute atomic E-state index is 0.0548. The normalized spacial score (nSPS) is 17.5. The Balaban J connectivity index is 1.25. The summed E-state index contributed by atoms with van der Waals surface area (Å²) in [6.07, 6.45) is 13.2. The quantitative estimate of drug-likeness (QED) is 0.136. The van der Waals surface area contributed by atoms with Crippen molar-refractivity contribution in [2.45, 2.75) is 89.6 Å². The highest BCUT2D eigenvalue weighted by Gasteiger charge is 2.32. The molecular weight excluding hydrogens is 478 g/mol. The van der Waals surface area contributed by atoms with Crippen LogP contribution in [0.3, 0.4) is 0 Å². The molecule has 7 nitrogen and oxygen atoms in total. The first-order chi connectivity index (χ1) is 18.6. The summed E-state index contributed by atoms with van der Waals surface area (Å²) in [7, 11) is 0. The Labute approximate surface area is 226 Å². The number of amides is 1. The van der Waals surface area contributed by atoms with Gasteiger partial charge in [0.2, 0.25) is 0 Å². The summed E-state index contributed by atoms with van der Waals surface area (Å²) in [6.45, 7) is 2.09. The fourth-order valence-electron chi connectivity index (χ4n) is 5.52. The van der Waals surface area contributed by atoms with Gasteiger partial charge in [-0.05, 0) is 72.8 Å². The minimum atomic E-state index is -0.555.